The first kappa shape index (κ1) is 17.1. The number of nitrogens with one attached hydrogen (secondary N) is 1. The van der Waals surface area contributed by atoms with Crippen molar-refractivity contribution >= 4 is 18.3 Å². The number of nitrogens with zero attached hydrogens (tertiary/aromatic N) is 1. The van der Waals surface area contributed by atoms with Crippen LogP contribution in [0.25, 0.3) is 0 Å². The predicted octanol–water partition coefficient (Wildman–Crippen LogP) is 2.58. The van der Waals surface area contributed by atoms with Gasteiger partial charge in [0.25, 0.3) is 5.91 Å². The molecule has 0 aromatic heterocycles. The summed E-state index contributed by atoms with van der Waals surface area (Å²) in [7, 11) is 0. The lowest BCUT2D eigenvalue weighted by Crippen LogP contribution is -2.31. The molecule has 1 N–H and O–H groups in total. The standard InChI is InChI=1S/C17H24N2O2.ClH/c1-2-3-8-21-16-6-4-13(5-7-16)17(20)19-11-14-9-18-10-15(14)12-19;/h4-7,14-15,18H,2-3,8-12H2,1H3;1H/t14-,15+;. The van der Waals surface area contributed by atoms with Crippen molar-refractivity contribution in [1.29, 1.82) is 0 Å². The minimum atomic E-state index is 0. The van der Waals surface area contributed by atoms with Crippen molar-refractivity contribution in [2.24, 2.45) is 11.8 Å². The number of unbranched alkanes of at least 4 members (excludes halogenated alkanes) is 1. The van der Waals surface area contributed by atoms with E-state index < -0.39 is 0 Å². The maximum atomic E-state index is 12.5. The van der Waals surface area contributed by atoms with Crippen molar-refractivity contribution in [2.75, 3.05) is 32.8 Å². The summed E-state index contributed by atoms with van der Waals surface area (Å²) in [5.74, 6) is 2.29. The molecule has 1 aromatic rings. The van der Waals surface area contributed by atoms with Gasteiger partial charge in [-0.1, -0.05) is 13.3 Å². The van der Waals surface area contributed by atoms with Gasteiger partial charge in [-0.25, -0.2) is 0 Å². The van der Waals surface area contributed by atoms with E-state index in [9.17, 15) is 4.79 Å². The molecule has 0 saturated carbocycles. The molecule has 2 aliphatic rings. The third-order valence-corrected chi connectivity index (χ3v) is 4.54. The molecule has 2 heterocycles. The van der Waals surface area contributed by atoms with Gasteiger partial charge in [0.2, 0.25) is 0 Å². The smallest absolute Gasteiger partial charge is 0.253 e. The molecule has 0 spiro atoms. The van der Waals surface area contributed by atoms with Crippen LogP contribution in [0.1, 0.15) is 30.1 Å². The Morgan fingerprint density at radius 2 is 1.86 bits per heavy atom. The monoisotopic (exact) mass is 324 g/mol. The van der Waals surface area contributed by atoms with Crippen LogP contribution in [0, 0.1) is 11.8 Å². The fourth-order valence-corrected chi connectivity index (χ4v) is 3.23. The zero-order valence-electron chi connectivity index (χ0n) is 13.1. The van der Waals surface area contributed by atoms with Crippen LogP contribution in [0.4, 0.5) is 0 Å². The van der Waals surface area contributed by atoms with E-state index in [1.54, 1.807) is 0 Å². The third-order valence-electron chi connectivity index (χ3n) is 4.54. The van der Waals surface area contributed by atoms with Gasteiger partial charge < -0.3 is 15.0 Å². The van der Waals surface area contributed by atoms with E-state index >= 15 is 0 Å². The summed E-state index contributed by atoms with van der Waals surface area (Å²) in [5.41, 5.74) is 0.769. The minimum Gasteiger partial charge on any atom is -0.494 e. The summed E-state index contributed by atoms with van der Waals surface area (Å²) < 4.78 is 5.63. The van der Waals surface area contributed by atoms with Gasteiger partial charge in [-0.2, -0.15) is 0 Å². The molecule has 0 unspecified atom stereocenters. The maximum Gasteiger partial charge on any atom is 0.253 e. The number of halogens is 1. The third kappa shape index (κ3) is 3.73. The van der Waals surface area contributed by atoms with Crippen LogP contribution in [0.15, 0.2) is 24.3 Å². The molecule has 0 bridgehead atoms. The second-order valence-electron chi connectivity index (χ2n) is 6.11. The Morgan fingerprint density at radius 1 is 1.23 bits per heavy atom. The number of carbonyl (C=O) groups is 1. The number of likely N-dealkylation sites (tertiary alicyclic amines) is 1. The summed E-state index contributed by atoms with van der Waals surface area (Å²) in [4.78, 5) is 14.5. The molecule has 0 aliphatic carbocycles. The SMILES string of the molecule is CCCCOc1ccc(C(=O)N2C[C@H]3CNC[C@H]3C2)cc1.Cl. The van der Waals surface area contributed by atoms with Gasteiger partial charge in [-0.15, -0.1) is 12.4 Å². The van der Waals surface area contributed by atoms with E-state index in [4.69, 9.17) is 4.74 Å². The quantitative estimate of drug-likeness (QED) is 0.846. The van der Waals surface area contributed by atoms with E-state index in [1.165, 1.54) is 0 Å². The summed E-state index contributed by atoms with van der Waals surface area (Å²) in [5, 5.41) is 3.40. The molecule has 0 radical (unpaired) electrons. The van der Waals surface area contributed by atoms with Gasteiger partial charge in [0.1, 0.15) is 5.75 Å². The average Bonchev–Trinajstić information content (AvgIpc) is 3.09. The Morgan fingerprint density at radius 3 is 2.45 bits per heavy atom. The summed E-state index contributed by atoms with van der Waals surface area (Å²) in [6, 6.07) is 7.58. The number of ether oxygens (including phenoxy) is 1. The van der Waals surface area contributed by atoms with E-state index in [0.29, 0.717) is 11.8 Å². The van der Waals surface area contributed by atoms with Gasteiger partial charge in [-0.05, 0) is 42.5 Å². The largest absolute Gasteiger partial charge is 0.494 e. The topological polar surface area (TPSA) is 41.6 Å². The molecular weight excluding hydrogens is 300 g/mol. The Labute approximate surface area is 138 Å². The van der Waals surface area contributed by atoms with E-state index in [0.717, 1.165) is 56.9 Å². The summed E-state index contributed by atoms with van der Waals surface area (Å²) in [6.07, 6.45) is 2.19. The molecule has 22 heavy (non-hydrogen) atoms. The molecule has 5 heteroatoms. The minimum absolute atomic E-state index is 0. The molecule has 122 valence electrons. The Kier molecular flexibility index (Phi) is 6.09. The highest BCUT2D eigenvalue weighted by atomic mass is 35.5. The lowest BCUT2D eigenvalue weighted by Gasteiger charge is -2.17. The van der Waals surface area contributed by atoms with Gasteiger partial charge in [0.05, 0.1) is 6.61 Å². The van der Waals surface area contributed by atoms with Gasteiger partial charge in [0, 0.05) is 31.7 Å². The van der Waals surface area contributed by atoms with Crippen molar-refractivity contribution in [3.63, 3.8) is 0 Å². The first-order valence-electron chi connectivity index (χ1n) is 8.00. The summed E-state index contributed by atoms with van der Waals surface area (Å²) >= 11 is 0. The maximum absolute atomic E-state index is 12.5. The molecule has 2 aliphatic heterocycles. The second-order valence-corrected chi connectivity index (χ2v) is 6.11. The molecule has 2 fully saturated rings. The molecule has 2 atom stereocenters. The highest BCUT2D eigenvalue weighted by molar-refractivity contribution is 5.94. The molecular formula is C17H25ClN2O2. The van der Waals surface area contributed by atoms with Gasteiger partial charge in [-0.3, -0.25) is 4.79 Å². The van der Waals surface area contributed by atoms with Crippen molar-refractivity contribution in [3.05, 3.63) is 29.8 Å². The Bertz CT molecular complexity index is 480. The average molecular weight is 325 g/mol. The van der Waals surface area contributed by atoms with Crippen LogP contribution >= 0.6 is 12.4 Å². The van der Waals surface area contributed by atoms with Crippen LogP contribution in [-0.2, 0) is 0 Å². The first-order valence-corrected chi connectivity index (χ1v) is 8.00. The Balaban J connectivity index is 0.00000176. The van der Waals surface area contributed by atoms with Crippen molar-refractivity contribution in [1.82, 2.24) is 10.2 Å². The van der Waals surface area contributed by atoms with Crippen LogP contribution in [-0.4, -0.2) is 43.6 Å². The fraction of sp³-hybridized carbons (Fsp3) is 0.588. The molecule has 1 aromatic carbocycles. The van der Waals surface area contributed by atoms with Crippen LogP contribution in [0.5, 0.6) is 5.75 Å². The Hall–Kier alpha value is -1.26. The van der Waals surface area contributed by atoms with E-state index in [-0.39, 0.29) is 18.3 Å². The summed E-state index contributed by atoms with van der Waals surface area (Å²) in [6.45, 7) is 6.78. The lowest BCUT2D eigenvalue weighted by atomic mass is 10.0. The van der Waals surface area contributed by atoms with E-state index in [2.05, 4.69) is 12.2 Å². The lowest BCUT2D eigenvalue weighted by molar-refractivity contribution is 0.0781. The fourth-order valence-electron chi connectivity index (χ4n) is 3.23. The van der Waals surface area contributed by atoms with Crippen molar-refractivity contribution in [2.45, 2.75) is 19.8 Å². The van der Waals surface area contributed by atoms with E-state index in [1.807, 2.05) is 29.2 Å². The van der Waals surface area contributed by atoms with Crippen LogP contribution in [0.3, 0.4) is 0 Å². The van der Waals surface area contributed by atoms with Gasteiger partial charge in [0.15, 0.2) is 0 Å². The second kappa shape index (κ2) is 7.84. The number of benzene rings is 1. The van der Waals surface area contributed by atoms with Crippen LogP contribution in [0.2, 0.25) is 0 Å². The molecule has 4 nitrogen and oxygen atoms in total. The van der Waals surface area contributed by atoms with Crippen molar-refractivity contribution < 1.29 is 9.53 Å². The number of fused-ring (bicyclic) bond motifs is 1. The molecule has 3 rings (SSSR count). The molecule has 1 amide bonds. The number of amides is 1. The zero-order valence-corrected chi connectivity index (χ0v) is 13.9. The molecule has 2 saturated heterocycles. The normalized spacial score (nSPS) is 23.0. The van der Waals surface area contributed by atoms with Crippen LogP contribution < -0.4 is 10.1 Å². The zero-order chi connectivity index (χ0) is 14.7. The van der Waals surface area contributed by atoms with Gasteiger partial charge >= 0.3 is 0 Å². The highest BCUT2D eigenvalue weighted by Gasteiger charge is 2.38. The van der Waals surface area contributed by atoms with Crippen molar-refractivity contribution in [3.8, 4) is 5.75 Å². The number of hydrogen-bond acceptors (Lipinski definition) is 3. The predicted molar refractivity (Wildman–Crippen MR) is 89.8 cm³/mol. The first-order chi connectivity index (χ1) is 10.3. The number of hydrogen-bond donors (Lipinski definition) is 1. The number of carbonyl (C=O) groups excluding carboxylic acids is 1. The number of rotatable bonds is 5. The highest BCUT2D eigenvalue weighted by Crippen LogP contribution is 2.27.